The number of hydrogen-bond acceptors (Lipinski definition) is 2. The second-order valence-electron chi connectivity index (χ2n) is 3.11. The van der Waals surface area contributed by atoms with Crippen LogP contribution in [0.15, 0.2) is 22.8 Å². The minimum Gasteiger partial charge on any atom is -0.478 e. The molecular formula is C10H9BrN2O2. The van der Waals surface area contributed by atoms with E-state index in [0.717, 1.165) is 9.99 Å². The third kappa shape index (κ3) is 1.52. The SMILES string of the molecule is CCn1nc2c(C(=O)O)cccc2c1Br. The molecule has 1 heterocycles. The summed E-state index contributed by atoms with van der Waals surface area (Å²) >= 11 is 3.40. The number of aromatic carboxylic acids is 1. The zero-order valence-electron chi connectivity index (χ0n) is 8.07. The van der Waals surface area contributed by atoms with Gasteiger partial charge in [0.05, 0.1) is 5.56 Å². The first-order valence-corrected chi connectivity index (χ1v) is 5.32. The van der Waals surface area contributed by atoms with Gasteiger partial charge in [-0.25, -0.2) is 4.79 Å². The molecule has 0 atom stereocenters. The molecule has 78 valence electrons. The fourth-order valence-corrected chi connectivity index (χ4v) is 2.15. The summed E-state index contributed by atoms with van der Waals surface area (Å²) in [6, 6.07) is 5.13. The molecule has 15 heavy (non-hydrogen) atoms. The Morgan fingerprint density at radius 3 is 2.93 bits per heavy atom. The lowest BCUT2D eigenvalue weighted by molar-refractivity contribution is 0.0699. The standard InChI is InChI=1S/C10H9BrN2O2/c1-2-13-9(11)6-4-3-5-7(10(14)15)8(6)12-13/h3-5H,2H2,1H3,(H,14,15). The van der Waals surface area contributed by atoms with Crippen molar-refractivity contribution in [3.05, 3.63) is 28.4 Å². The zero-order valence-corrected chi connectivity index (χ0v) is 9.65. The smallest absolute Gasteiger partial charge is 0.337 e. The van der Waals surface area contributed by atoms with Crippen LogP contribution in [0.1, 0.15) is 17.3 Å². The van der Waals surface area contributed by atoms with Crippen LogP contribution >= 0.6 is 15.9 Å². The fourth-order valence-electron chi connectivity index (χ4n) is 1.50. The van der Waals surface area contributed by atoms with Gasteiger partial charge >= 0.3 is 5.97 Å². The number of hydrogen-bond donors (Lipinski definition) is 1. The van der Waals surface area contributed by atoms with Gasteiger partial charge < -0.3 is 5.11 Å². The third-order valence-electron chi connectivity index (χ3n) is 2.24. The predicted molar refractivity (Wildman–Crippen MR) is 60.1 cm³/mol. The van der Waals surface area contributed by atoms with Crippen molar-refractivity contribution >= 4 is 32.8 Å². The van der Waals surface area contributed by atoms with Gasteiger partial charge in [-0.15, -0.1) is 0 Å². The van der Waals surface area contributed by atoms with Crippen molar-refractivity contribution in [1.29, 1.82) is 0 Å². The first kappa shape index (κ1) is 10.2. The molecule has 0 unspecified atom stereocenters. The van der Waals surface area contributed by atoms with Gasteiger partial charge in [0.2, 0.25) is 0 Å². The zero-order chi connectivity index (χ0) is 11.0. The van der Waals surface area contributed by atoms with Gasteiger partial charge in [0.1, 0.15) is 10.1 Å². The molecule has 0 spiro atoms. The highest BCUT2D eigenvalue weighted by Gasteiger charge is 2.14. The topological polar surface area (TPSA) is 55.1 Å². The van der Waals surface area contributed by atoms with E-state index in [-0.39, 0.29) is 5.56 Å². The van der Waals surface area contributed by atoms with Crippen LogP contribution in [0.4, 0.5) is 0 Å². The number of carbonyl (C=O) groups is 1. The van der Waals surface area contributed by atoms with E-state index in [0.29, 0.717) is 12.1 Å². The van der Waals surface area contributed by atoms with Gasteiger partial charge in [0.25, 0.3) is 0 Å². The molecule has 0 aliphatic heterocycles. The maximum Gasteiger partial charge on any atom is 0.337 e. The first-order chi connectivity index (χ1) is 7.15. The van der Waals surface area contributed by atoms with E-state index in [1.807, 2.05) is 13.0 Å². The fraction of sp³-hybridized carbons (Fsp3) is 0.200. The normalized spacial score (nSPS) is 10.8. The van der Waals surface area contributed by atoms with Crippen LogP contribution < -0.4 is 0 Å². The summed E-state index contributed by atoms with van der Waals surface area (Å²) in [4.78, 5) is 11.0. The van der Waals surface area contributed by atoms with E-state index in [1.165, 1.54) is 0 Å². The molecule has 1 N–H and O–H groups in total. The lowest BCUT2D eigenvalue weighted by atomic mass is 10.1. The number of nitrogens with zero attached hydrogens (tertiary/aromatic N) is 2. The summed E-state index contributed by atoms with van der Waals surface area (Å²) in [6.45, 7) is 2.66. The van der Waals surface area contributed by atoms with Crippen molar-refractivity contribution in [3.63, 3.8) is 0 Å². The highest BCUT2D eigenvalue weighted by Crippen LogP contribution is 2.26. The number of halogens is 1. The number of aryl methyl sites for hydroxylation is 1. The molecule has 0 amide bonds. The summed E-state index contributed by atoms with van der Waals surface area (Å²) in [5, 5.41) is 14.1. The Labute approximate surface area is 94.6 Å². The van der Waals surface area contributed by atoms with Crippen LogP contribution in [-0.4, -0.2) is 20.9 Å². The number of rotatable bonds is 2. The van der Waals surface area contributed by atoms with Gasteiger partial charge in [0, 0.05) is 11.9 Å². The van der Waals surface area contributed by atoms with E-state index in [1.54, 1.807) is 16.8 Å². The Balaban J connectivity index is 2.81. The molecule has 0 saturated carbocycles. The molecule has 1 aromatic carbocycles. The summed E-state index contributed by atoms with van der Waals surface area (Å²) in [6.07, 6.45) is 0. The minimum absolute atomic E-state index is 0.236. The first-order valence-electron chi connectivity index (χ1n) is 4.53. The van der Waals surface area contributed by atoms with Gasteiger partial charge in [-0.3, -0.25) is 4.68 Å². The molecule has 1 aromatic heterocycles. The second kappa shape index (κ2) is 3.66. The molecular weight excluding hydrogens is 260 g/mol. The van der Waals surface area contributed by atoms with Crippen molar-refractivity contribution in [2.24, 2.45) is 0 Å². The van der Waals surface area contributed by atoms with Crippen molar-refractivity contribution in [1.82, 2.24) is 9.78 Å². The molecule has 0 bridgehead atoms. The molecule has 0 fully saturated rings. The van der Waals surface area contributed by atoms with Crippen molar-refractivity contribution in [2.45, 2.75) is 13.5 Å². The summed E-state index contributed by atoms with van der Waals surface area (Å²) < 4.78 is 2.56. The molecule has 5 heteroatoms. The number of benzene rings is 1. The van der Waals surface area contributed by atoms with Crippen LogP contribution in [0.3, 0.4) is 0 Å². The number of carboxylic acid groups (broad SMARTS) is 1. The third-order valence-corrected chi connectivity index (χ3v) is 3.07. The molecule has 0 saturated heterocycles. The number of carboxylic acids is 1. The Morgan fingerprint density at radius 1 is 1.60 bits per heavy atom. The maximum absolute atomic E-state index is 11.0. The minimum atomic E-state index is -0.950. The van der Waals surface area contributed by atoms with Crippen molar-refractivity contribution in [2.75, 3.05) is 0 Å². The number of fused-ring (bicyclic) bond motifs is 1. The van der Waals surface area contributed by atoms with E-state index < -0.39 is 5.97 Å². The van der Waals surface area contributed by atoms with Crippen molar-refractivity contribution in [3.8, 4) is 0 Å². The average molecular weight is 269 g/mol. The summed E-state index contributed by atoms with van der Waals surface area (Å²) in [5.74, 6) is -0.950. The molecule has 2 rings (SSSR count). The molecule has 0 aliphatic carbocycles. The molecule has 4 nitrogen and oxygen atoms in total. The Bertz CT molecular complexity index is 533. The molecule has 0 aliphatic rings. The van der Waals surface area contributed by atoms with Gasteiger partial charge in [-0.2, -0.15) is 5.10 Å². The Morgan fingerprint density at radius 2 is 2.33 bits per heavy atom. The number of aromatic nitrogens is 2. The van der Waals surface area contributed by atoms with E-state index >= 15 is 0 Å². The highest BCUT2D eigenvalue weighted by atomic mass is 79.9. The second-order valence-corrected chi connectivity index (χ2v) is 3.86. The van der Waals surface area contributed by atoms with Crippen LogP contribution in [0.25, 0.3) is 10.9 Å². The Hall–Kier alpha value is -1.36. The van der Waals surface area contributed by atoms with Gasteiger partial charge in [0.15, 0.2) is 0 Å². The quantitative estimate of drug-likeness (QED) is 0.911. The van der Waals surface area contributed by atoms with Crippen LogP contribution in [0.5, 0.6) is 0 Å². The van der Waals surface area contributed by atoms with E-state index in [2.05, 4.69) is 21.0 Å². The lowest BCUT2D eigenvalue weighted by Gasteiger charge is -1.94. The maximum atomic E-state index is 11.0. The van der Waals surface area contributed by atoms with E-state index in [9.17, 15) is 4.79 Å². The average Bonchev–Trinajstić information content (AvgIpc) is 2.55. The van der Waals surface area contributed by atoms with E-state index in [4.69, 9.17) is 5.11 Å². The van der Waals surface area contributed by atoms with Gasteiger partial charge in [-0.05, 0) is 35.0 Å². The predicted octanol–water partition coefficient (Wildman–Crippen LogP) is 2.52. The van der Waals surface area contributed by atoms with Gasteiger partial charge in [-0.1, -0.05) is 6.07 Å². The summed E-state index contributed by atoms with van der Waals surface area (Å²) in [5.41, 5.74) is 0.763. The summed E-state index contributed by atoms with van der Waals surface area (Å²) in [7, 11) is 0. The lowest BCUT2D eigenvalue weighted by Crippen LogP contribution is -1.99. The molecule has 0 radical (unpaired) electrons. The van der Waals surface area contributed by atoms with Crippen LogP contribution in [0, 0.1) is 0 Å². The Kier molecular flexibility index (Phi) is 2.48. The van der Waals surface area contributed by atoms with Crippen molar-refractivity contribution < 1.29 is 9.90 Å². The monoisotopic (exact) mass is 268 g/mol. The van der Waals surface area contributed by atoms with Crippen LogP contribution in [-0.2, 0) is 6.54 Å². The molecule has 2 aromatic rings. The van der Waals surface area contributed by atoms with Crippen LogP contribution in [0.2, 0.25) is 0 Å². The highest BCUT2D eigenvalue weighted by molar-refractivity contribution is 9.10. The largest absolute Gasteiger partial charge is 0.478 e.